The molecule has 0 unspecified atom stereocenters. The first kappa shape index (κ1) is 13.1. The highest BCUT2D eigenvalue weighted by Gasteiger charge is 2.21. The van der Waals surface area contributed by atoms with E-state index in [1.807, 2.05) is 24.3 Å². The van der Waals surface area contributed by atoms with Crippen molar-refractivity contribution in [2.45, 2.75) is 11.8 Å². The van der Waals surface area contributed by atoms with Crippen molar-refractivity contribution in [2.75, 3.05) is 4.72 Å². The van der Waals surface area contributed by atoms with Crippen LogP contribution in [0.2, 0.25) is 0 Å². The van der Waals surface area contributed by atoms with Crippen LogP contribution in [0.5, 0.6) is 0 Å². The van der Waals surface area contributed by atoms with Gasteiger partial charge in [0.05, 0.1) is 22.1 Å². The van der Waals surface area contributed by atoms with E-state index in [4.69, 9.17) is 0 Å². The molecule has 2 aromatic heterocycles. The molecular formula is C12H12N4O2S2. The summed E-state index contributed by atoms with van der Waals surface area (Å²) in [5.74, 6) is 0. The van der Waals surface area contributed by atoms with Crippen molar-refractivity contribution in [1.82, 2.24) is 14.8 Å². The Labute approximate surface area is 120 Å². The molecule has 20 heavy (non-hydrogen) atoms. The van der Waals surface area contributed by atoms with E-state index in [0.717, 1.165) is 10.2 Å². The number of benzene rings is 1. The molecule has 0 saturated carbocycles. The lowest BCUT2D eigenvalue weighted by atomic mass is 10.3. The number of sulfonamides is 1. The number of aryl methyl sites for hydroxylation is 1. The Bertz CT molecular complexity index is 847. The van der Waals surface area contributed by atoms with Crippen LogP contribution in [-0.4, -0.2) is 23.2 Å². The number of nitrogens with one attached hydrogen (secondary N) is 1. The SMILES string of the molecule is Cc1c(S(=O)(=O)Nc2nc3ccccc3s2)cnn1C. The topological polar surface area (TPSA) is 76.9 Å². The van der Waals surface area contributed by atoms with Gasteiger partial charge in [-0.05, 0) is 19.1 Å². The molecule has 1 aromatic carbocycles. The average molecular weight is 308 g/mol. The Hall–Kier alpha value is -1.93. The standard InChI is InChI=1S/C12H12N4O2S2/c1-8-11(7-13-16(8)2)20(17,18)15-12-14-9-5-3-4-6-10(9)19-12/h3-7H,1-2H3,(H,14,15). The third-order valence-electron chi connectivity index (χ3n) is 3.00. The minimum atomic E-state index is -3.66. The third-order valence-corrected chi connectivity index (χ3v) is 5.52. The molecule has 0 atom stereocenters. The Morgan fingerprint density at radius 3 is 2.70 bits per heavy atom. The molecule has 0 fully saturated rings. The number of fused-ring (bicyclic) bond motifs is 1. The molecule has 0 aliphatic rings. The highest BCUT2D eigenvalue weighted by Crippen LogP contribution is 2.27. The minimum absolute atomic E-state index is 0.166. The number of hydrogen-bond donors (Lipinski definition) is 1. The summed E-state index contributed by atoms with van der Waals surface area (Å²) in [6.45, 7) is 1.71. The highest BCUT2D eigenvalue weighted by molar-refractivity contribution is 7.93. The molecule has 0 aliphatic heterocycles. The van der Waals surface area contributed by atoms with Gasteiger partial charge in [-0.25, -0.2) is 13.4 Å². The van der Waals surface area contributed by atoms with Gasteiger partial charge in [-0.3, -0.25) is 9.40 Å². The van der Waals surface area contributed by atoms with Crippen LogP contribution in [0.15, 0.2) is 35.4 Å². The Kier molecular flexibility index (Phi) is 2.98. The van der Waals surface area contributed by atoms with Crippen LogP contribution in [-0.2, 0) is 17.1 Å². The first-order valence-corrected chi connectivity index (χ1v) is 8.14. The zero-order valence-corrected chi connectivity index (χ0v) is 12.5. The van der Waals surface area contributed by atoms with Crippen LogP contribution in [0.3, 0.4) is 0 Å². The largest absolute Gasteiger partial charge is 0.272 e. The van der Waals surface area contributed by atoms with Crippen molar-refractivity contribution in [3.05, 3.63) is 36.2 Å². The van der Waals surface area contributed by atoms with Gasteiger partial charge in [0, 0.05) is 7.05 Å². The van der Waals surface area contributed by atoms with Crippen LogP contribution < -0.4 is 4.72 Å². The van der Waals surface area contributed by atoms with Gasteiger partial charge < -0.3 is 0 Å². The number of anilines is 1. The van der Waals surface area contributed by atoms with Gasteiger partial charge in [0.15, 0.2) is 5.13 Å². The summed E-state index contributed by atoms with van der Waals surface area (Å²) in [6, 6.07) is 7.51. The van der Waals surface area contributed by atoms with Crippen molar-refractivity contribution in [3.63, 3.8) is 0 Å². The summed E-state index contributed by atoms with van der Waals surface area (Å²) in [6.07, 6.45) is 1.34. The molecule has 0 aliphatic carbocycles. The van der Waals surface area contributed by atoms with E-state index in [2.05, 4.69) is 14.8 Å². The fourth-order valence-corrected chi connectivity index (χ4v) is 4.13. The maximum atomic E-state index is 12.3. The van der Waals surface area contributed by atoms with Gasteiger partial charge in [0.25, 0.3) is 10.0 Å². The molecular weight excluding hydrogens is 296 g/mol. The second kappa shape index (κ2) is 4.57. The maximum absolute atomic E-state index is 12.3. The lowest BCUT2D eigenvalue weighted by Crippen LogP contribution is -2.13. The number of rotatable bonds is 3. The number of nitrogens with zero attached hydrogens (tertiary/aromatic N) is 3. The Morgan fingerprint density at radius 1 is 1.30 bits per heavy atom. The molecule has 6 nitrogen and oxygen atoms in total. The van der Waals surface area contributed by atoms with Crippen molar-refractivity contribution >= 4 is 36.7 Å². The summed E-state index contributed by atoms with van der Waals surface area (Å²) in [5.41, 5.74) is 1.36. The number of hydrogen-bond acceptors (Lipinski definition) is 5. The monoisotopic (exact) mass is 308 g/mol. The van der Waals surface area contributed by atoms with Crippen LogP contribution in [0, 0.1) is 6.92 Å². The predicted molar refractivity (Wildman–Crippen MR) is 78.4 cm³/mol. The van der Waals surface area contributed by atoms with E-state index in [9.17, 15) is 8.42 Å². The highest BCUT2D eigenvalue weighted by atomic mass is 32.2. The molecule has 0 spiro atoms. The minimum Gasteiger partial charge on any atom is -0.272 e. The van der Waals surface area contributed by atoms with Gasteiger partial charge in [-0.2, -0.15) is 5.10 Å². The van der Waals surface area contributed by atoms with Crippen molar-refractivity contribution in [2.24, 2.45) is 7.05 Å². The van der Waals surface area contributed by atoms with E-state index in [0.29, 0.717) is 10.8 Å². The second-order valence-electron chi connectivity index (χ2n) is 4.31. The first-order valence-electron chi connectivity index (χ1n) is 5.84. The van der Waals surface area contributed by atoms with Crippen LogP contribution in [0.4, 0.5) is 5.13 Å². The van der Waals surface area contributed by atoms with Crippen LogP contribution in [0.1, 0.15) is 5.69 Å². The number of aromatic nitrogens is 3. The second-order valence-corrected chi connectivity index (χ2v) is 6.99. The summed E-state index contributed by atoms with van der Waals surface area (Å²) < 4.78 is 29.6. The summed E-state index contributed by atoms with van der Waals surface area (Å²) in [4.78, 5) is 4.43. The number of para-hydroxylation sites is 1. The molecule has 0 amide bonds. The molecule has 0 bridgehead atoms. The zero-order chi connectivity index (χ0) is 14.3. The lowest BCUT2D eigenvalue weighted by molar-refractivity contribution is 0.600. The third kappa shape index (κ3) is 2.16. The van der Waals surface area contributed by atoms with E-state index in [1.54, 1.807) is 14.0 Å². The normalized spacial score (nSPS) is 11.9. The fraction of sp³-hybridized carbons (Fsp3) is 0.167. The van der Waals surface area contributed by atoms with Crippen LogP contribution >= 0.6 is 11.3 Å². The van der Waals surface area contributed by atoms with Gasteiger partial charge in [0.1, 0.15) is 4.90 Å². The van der Waals surface area contributed by atoms with E-state index < -0.39 is 10.0 Å². The van der Waals surface area contributed by atoms with Gasteiger partial charge >= 0.3 is 0 Å². The first-order chi connectivity index (χ1) is 9.47. The van der Waals surface area contributed by atoms with Gasteiger partial charge in [-0.15, -0.1) is 0 Å². The zero-order valence-electron chi connectivity index (χ0n) is 10.9. The maximum Gasteiger partial charge on any atom is 0.267 e. The fourth-order valence-electron chi connectivity index (χ4n) is 1.83. The van der Waals surface area contributed by atoms with Crippen LogP contribution in [0.25, 0.3) is 10.2 Å². The quantitative estimate of drug-likeness (QED) is 0.804. The molecule has 2 heterocycles. The molecule has 3 rings (SSSR count). The molecule has 1 N–H and O–H groups in total. The van der Waals surface area contributed by atoms with E-state index >= 15 is 0 Å². The van der Waals surface area contributed by atoms with Gasteiger partial charge in [0.2, 0.25) is 0 Å². The van der Waals surface area contributed by atoms with Crippen molar-refractivity contribution in [1.29, 1.82) is 0 Å². The Balaban J connectivity index is 1.99. The lowest BCUT2D eigenvalue weighted by Gasteiger charge is -2.03. The molecule has 0 radical (unpaired) electrons. The van der Waals surface area contributed by atoms with Crippen molar-refractivity contribution in [3.8, 4) is 0 Å². The smallest absolute Gasteiger partial charge is 0.267 e. The summed E-state index contributed by atoms with van der Waals surface area (Å²) in [5, 5.41) is 4.30. The van der Waals surface area contributed by atoms with Crippen molar-refractivity contribution < 1.29 is 8.42 Å². The van der Waals surface area contributed by atoms with Gasteiger partial charge in [-0.1, -0.05) is 23.5 Å². The van der Waals surface area contributed by atoms with E-state index in [1.165, 1.54) is 22.2 Å². The molecule has 3 aromatic rings. The summed E-state index contributed by atoms with van der Waals surface area (Å²) in [7, 11) is -1.96. The molecule has 0 saturated heterocycles. The molecule has 104 valence electrons. The summed E-state index contributed by atoms with van der Waals surface area (Å²) >= 11 is 1.30. The molecule has 8 heteroatoms. The Morgan fingerprint density at radius 2 is 2.05 bits per heavy atom. The van der Waals surface area contributed by atoms with E-state index in [-0.39, 0.29) is 4.90 Å². The number of thiazole rings is 1. The predicted octanol–water partition coefficient (Wildman–Crippen LogP) is 2.14. The average Bonchev–Trinajstić information content (AvgIpc) is 2.93.